The third-order valence-corrected chi connectivity index (χ3v) is 2.73. The number of rotatable bonds is 1. The van der Waals surface area contributed by atoms with Gasteiger partial charge in [-0.2, -0.15) is 5.43 Å². The van der Waals surface area contributed by atoms with Crippen LogP contribution in [-0.2, 0) is 4.74 Å². The van der Waals surface area contributed by atoms with E-state index in [2.05, 4.69) is 10.7 Å². The minimum atomic E-state index is -0.511. The van der Waals surface area contributed by atoms with E-state index < -0.39 is 5.72 Å². The number of amides is 2. The summed E-state index contributed by atoms with van der Waals surface area (Å²) in [5.41, 5.74) is 4.47. The molecule has 0 aliphatic carbocycles. The number of carbonyl (C=O) groups excluding carboxylic acids is 1. The van der Waals surface area contributed by atoms with Gasteiger partial charge in [0.1, 0.15) is 5.72 Å². The van der Waals surface area contributed by atoms with Crippen molar-refractivity contribution in [3.05, 3.63) is 29.8 Å². The van der Waals surface area contributed by atoms with Crippen LogP contribution in [0.15, 0.2) is 24.3 Å². The minimum Gasteiger partial charge on any atom is -0.358 e. The molecule has 2 N–H and O–H groups in total. The standard InChI is InChI=1S/C13H19N3O2/c1-10-4-6-11(7-5-10)14-12(17)16-8-9-18-13(2,3)15-16/h4-7,15H,8-9H2,1-3H3,(H,14,17). The molecule has 1 saturated heterocycles. The summed E-state index contributed by atoms with van der Waals surface area (Å²) in [6, 6.07) is 7.53. The maximum atomic E-state index is 12.0. The average molecular weight is 249 g/mol. The molecular weight excluding hydrogens is 230 g/mol. The van der Waals surface area contributed by atoms with E-state index in [1.807, 2.05) is 45.0 Å². The van der Waals surface area contributed by atoms with Gasteiger partial charge >= 0.3 is 6.03 Å². The first-order valence-corrected chi connectivity index (χ1v) is 6.03. The molecule has 1 aromatic rings. The van der Waals surface area contributed by atoms with Crippen molar-refractivity contribution in [3.8, 4) is 0 Å². The number of urea groups is 1. The summed E-state index contributed by atoms with van der Waals surface area (Å²) < 4.78 is 5.48. The molecule has 2 rings (SSSR count). The smallest absolute Gasteiger partial charge is 0.336 e. The SMILES string of the molecule is Cc1ccc(NC(=O)N2CCOC(C)(C)N2)cc1. The van der Waals surface area contributed by atoms with Crippen LogP contribution in [0.3, 0.4) is 0 Å². The van der Waals surface area contributed by atoms with Crippen molar-refractivity contribution < 1.29 is 9.53 Å². The first-order chi connectivity index (χ1) is 8.46. The van der Waals surface area contributed by atoms with Gasteiger partial charge in [-0.25, -0.2) is 4.79 Å². The molecule has 0 radical (unpaired) electrons. The Morgan fingerprint density at radius 1 is 1.39 bits per heavy atom. The molecule has 1 aromatic carbocycles. The Balaban J connectivity index is 1.97. The molecule has 5 nitrogen and oxygen atoms in total. The minimum absolute atomic E-state index is 0.171. The van der Waals surface area contributed by atoms with E-state index in [4.69, 9.17) is 4.74 Å². The molecule has 18 heavy (non-hydrogen) atoms. The summed E-state index contributed by atoms with van der Waals surface area (Å²) in [4.78, 5) is 12.0. The molecule has 0 bridgehead atoms. The highest BCUT2D eigenvalue weighted by molar-refractivity contribution is 5.89. The van der Waals surface area contributed by atoms with E-state index in [-0.39, 0.29) is 6.03 Å². The fourth-order valence-corrected chi connectivity index (χ4v) is 1.79. The lowest BCUT2D eigenvalue weighted by molar-refractivity contribution is -0.123. The first-order valence-electron chi connectivity index (χ1n) is 6.03. The molecule has 98 valence electrons. The summed E-state index contributed by atoms with van der Waals surface area (Å²) in [6.07, 6.45) is 0. The van der Waals surface area contributed by atoms with Crippen molar-refractivity contribution in [2.24, 2.45) is 0 Å². The van der Waals surface area contributed by atoms with Gasteiger partial charge in [-0.05, 0) is 32.9 Å². The van der Waals surface area contributed by atoms with Crippen LogP contribution in [0.1, 0.15) is 19.4 Å². The number of carbonyl (C=O) groups is 1. The van der Waals surface area contributed by atoms with Crippen molar-refractivity contribution in [3.63, 3.8) is 0 Å². The Hall–Kier alpha value is -1.59. The van der Waals surface area contributed by atoms with Gasteiger partial charge < -0.3 is 10.1 Å². The van der Waals surface area contributed by atoms with Crippen molar-refractivity contribution >= 4 is 11.7 Å². The maximum Gasteiger partial charge on any atom is 0.336 e. The first kappa shape index (κ1) is 12.9. The summed E-state index contributed by atoms with van der Waals surface area (Å²) >= 11 is 0. The molecule has 1 aliphatic heterocycles. The van der Waals surface area contributed by atoms with Crippen LogP contribution in [0.2, 0.25) is 0 Å². The van der Waals surface area contributed by atoms with E-state index in [0.717, 1.165) is 5.69 Å². The number of anilines is 1. The molecule has 0 aromatic heterocycles. The maximum absolute atomic E-state index is 12.0. The fraction of sp³-hybridized carbons (Fsp3) is 0.462. The average Bonchev–Trinajstić information content (AvgIpc) is 2.31. The van der Waals surface area contributed by atoms with Gasteiger partial charge in [0, 0.05) is 5.69 Å². The quantitative estimate of drug-likeness (QED) is 0.801. The van der Waals surface area contributed by atoms with E-state index in [9.17, 15) is 4.79 Å². The van der Waals surface area contributed by atoms with Gasteiger partial charge in [0.15, 0.2) is 0 Å². The van der Waals surface area contributed by atoms with Gasteiger partial charge in [0.2, 0.25) is 0 Å². The van der Waals surface area contributed by atoms with Gasteiger partial charge in [0.25, 0.3) is 0 Å². The Bertz CT molecular complexity index is 428. The zero-order chi connectivity index (χ0) is 13.2. The molecule has 1 fully saturated rings. The fourth-order valence-electron chi connectivity index (χ4n) is 1.79. The molecule has 1 heterocycles. The number of nitrogens with one attached hydrogen (secondary N) is 2. The number of nitrogens with zero attached hydrogens (tertiary/aromatic N) is 1. The van der Waals surface area contributed by atoms with Crippen molar-refractivity contribution in [2.75, 3.05) is 18.5 Å². The monoisotopic (exact) mass is 249 g/mol. The Labute approximate surface area is 107 Å². The van der Waals surface area contributed by atoms with E-state index in [1.54, 1.807) is 5.01 Å². The van der Waals surface area contributed by atoms with Crippen LogP contribution >= 0.6 is 0 Å². The van der Waals surface area contributed by atoms with Gasteiger partial charge in [0.05, 0.1) is 13.2 Å². The van der Waals surface area contributed by atoms with Crippen LogP contribution in [0.25, 0.3) is 0 Å². The second kappa shape index (κ2) is 4.96. The lowest BCUT2D eigenvalue weighted by atomic mass is 10.2. The Morgan fingerprint density at radius 3 is 2.67 bits per heavy atom. The number of hydrazine groups is 1. The largest absolute Gasteiger partial charge is 0.358 e. The van der Waals surface area contributed by atoms with Crippen LogP contribution in [0, 0.1) is 6.92 Å². The second-order valence-corrected chi connectivity index (χ2v) is 4.92. The molecule has 0 spiro atoms. The van der Waals surface area contributed by atoms with Crippen LogP contribution < -0.4 is 10.7 Å². The second-order valence-electron chi connectivity index (χ2n) is 4.92. The lowest BCUT2D eigenvalue weighted by Crippen LogP contribution is -2.61. The molecular formula is C13H19N3O2. The number of benzene rings is 1. The number of aryl methyl sites for hydroxylation is 1. The van der Waals surface area contributed by atoms with Crippen molar-refractivity contribution in [1.29, 1.82) is 0 Å². The zero-order valence-electron chi connectivity index (χ0n) is 11.0. The number of hydrogen-bond acceptors (Lipinski definition) is 3. The number of ether oxygens (including phenoxy) is 1. The highest BCUT2D eigenvalue weighted by atomic mass is 16.5. The topological polar surface area (TPSA) is 53.6 Å². The third kappa shape index (κ3) is 3.21. The van der Waals surface area contributed by atoms with Crippen LogP contribution in [0.4, 0.5) is 10.5 Å². The van der Waals surface area contributed by atoms with Crippen molar-refractivity contribution in [1.82, 2.24) is 10.4 Å². The summed E-state index contributed by atoms with van der Waals surface area (Å²) in [7, 11) is 0. The molecule has 0 unspecified atom stereocenters. The third-order valence-electron chi connectivity index (χ3n) is 2.73. The summed E-state index contributed by atoms with van der Waals surface area (Å²) in [5.74, 6) is 0. The highest BCUT2D eigenvalue weighted by Gasteiger charge is 2.29. The predicted molar refractivity (Wildman–Crippen MR) is 70.1 cm³/mol. The van der Waals surface area contributed by atoms with Gasteiger partial charge in [-0.1, -0.05) is 17.7 Å². The normalized spacial score (nSPS) is 18.5. The van der Waals surface area contributed by atoms with E-state index in [0.29, 0.717) is 13.2 Å². The van der Waals surface area contributed by atoms with Gasteiger partial charge in [-0.3, -0.25) is 5.01 Å². The highest BCUT2D eigenvalue weighted by Crippen LogP contribution is 2.13. The zero-order valence-corrected chi connectivity index (χ0v) is 11.0. The van der Waals surface area contributed by atoms with E-state index >= 15 is 0 Å². The van der Waals surface area contributed by atoms with Crippen molar-refractivity contribution in [2.45, 2.75) is 26.5 Å². The summed E-state index contributed by atoms with van der Waals surface area (Å²) in [6.45, 7) is 6.84. The van der Waals surface area contributed by atoms with Crippen LogP contribution in [0.5, 0.6) is 0 Å². The van der Waals surface area contributed by atoms with E-state index in [1.165, 1.54) is 5.56 Å². The molecule has 1 aliphatic rings. The Morgan fingerprint density at radius 2 is 2.06 bits per heavy atom. The molecule has 5 heteroatoms. The van der Waals surface area contributed by atoms with Gasteiger partial charge in [-0.15, -0.1) is 0 Å². The molecule has 0 saturated carbocycles. The predicted octanol–water partition coefficient (Wildman–Crippen LogP) is 2.10. The van der Waals surface area contributed by atoms with Crippen LogP contribution in [-0.4, -0.2) is 29.9 Å². The Kier molecular flexibility index (Phi) is 3.54. The molecule has 2 amide bonds. The molecule has 0 atom stereocenters. The summed E-state index contributed by atoms with van der Waals surface area (Å²) in [5, 5.41) is 4.39. The lowest BCUT2D eigenvalue weighted by Gasteiger charge is -2.38. The number of hydrogen-bond donors (Lipinski definition) is 2.